The second-order valence-corrected chi connectivity index (χ2v) is 6.74. The molecule has 27 heavy (non-hydrogen) atoms. The van der Waals surface area contributed by atoms with Crippen LogP contribution in [0.5, 0.6) is 0 Å². The molecular formula is C23H21NO3. The summed E-state index contributed by atoms with van der Waals surface area (Å²) in [5.41, 5.74) is 3.88. The topological polar surface area (TPSA) is 51.5 Å². The number of alkyl carbamates (subject to hydrolysis) is 1. The van der Waals surface area contributed by atoms with E-state index in [0.717, 1.165) is 39.5 Å². The quantitative estimate of drug-likeness (QED) is 0.516. The summed E-state index contributed by atoms with van der Waals surface area (Å²) in [7, 11) is 0. The van der Waals surface area contributed by atoms with Crippen LogP contribution in [-0.2, 0) is 17.8 Å². The van der Waals surface area contributed by atoms with Crippen molar-refractivity contribution < 1.29 is 13.9 Å². The fourth-order valence-electron chi connectivity index (χ4n) is 3.27. The van der Waals surface area contributed by atoms with Gasteiger partial charge in [-0.05, 0) is 42.7 Å². The summed E-state index contributed by atoms with van der Waals surface area (Å²) in [5, 5.41) is 5.10. The maximum absolute atomic E-state index is 12.0. The minimum atomic E-state index is -0.402. The van der Waals surface area contributed by atoms with Crippen LogP contribution in [0, 0.1) is 0 Å². The molecule has 3 aromatic carbocycles. The molecule has 0 aliphatic carbocycles. The predicted octanol–water partition coefficient (Wildman–Crippen LogP) is 5.44. The van der Waals surface area contributed by atoms with Crippen molar-refractivity contribution >= 4 is 28.0 Å². The van der Waals surface area contributed by atoms with Gasteiger partial charge in [0.25, 0.3) is 0 Å². The summed E-state index contributed by atoms with van der Waals surface area (Å²) in [5.74, 6) is 0. The molecule has 136 valence electrons. The SMILES string of the molecule is C[C@H](Cc1ccc2oc3ccccc3c2c1)NC(=O)OCc1ccccc1. The van der Waals surface area contributed by atoms with E-state index in [1.807, 2.05) is 67.6 Å². The zero-order valence-corrected chi connectivity index (χ0v) is 15.1. The molecule has 4 aromatic rings. The van der Waals surface area contributed by atoms with E-state index in [0.29, 0.717) is 0 Å². The van der Waals surface area contributed by atoms with Crippen LogP contribution in [0.3, 0.4) is 0 Å². The molecule has 0 saturated carbocycles. The Balaban J connectivity index is 1.39. The van der Waals surface area contributed by atoms with Gasteiger partial charge in [0.1, 0.15) is 17.8 Å². The van der Waals surface area contributed by atoms with E-state index in [2.05, 4.69) is 17.4 Å². The van der Waals surface area contributed by atoms with Gasteiger partial charge in [-0.3, -0.25) is 0 Å². The molecule has 4 nitrogen and oxygen atoms in total. The third-order valence-electron chi connectivity index (χ3n) is 4.56. The second-order valence-electron chi connectivity index (χ2n) is 6.74. The Morgan fingerprint density at radius 3 is 2.52 bits per heavy atom. The Morgan fingerprint density at radius 1 is 0.926 bits per heavy atom. The smallest absolute Gasteiger partial charge is 0.407 e. The molecule has 0 bridgehead atoms. The fraction of sp³-hybridized carbons (Fsp3) is 0.174. The van der Waals surface area contributed by atoms with Gasteiger partial charge in [-0.1, -0.05) is 54.6 Å². The summed E-state index contributed by atoms with van der Waals surface area (Å²) >= 11 is 0. The van der Waals surface area contributed by atoms with Gasteiger partial charge in [-0.15, -0.1) is 0 Å². The van der Waals surface area contributed by atoms with Crippen molar-refractivity contribution in [2.75, 3.05) is 0 Å². The highest BCUT2D eigenvalue weighted by Crippen LogP contribution is 2.29. The highest BCUT2D eigenvalue weighted by Gasteiger charge is 2.12. The van der Waals surface area contributed by atoms with Crippen LogP contribution in [0.1, 0.15) is 18.1 Å². The van der Waals surface area contributed by atoms with Crippen molar-refractivity contribution in [2.45, 2.75) is 26.0 Å². The number of para-hydroxylation sites is 1. The minimum absolute atomic E-state index is 0.0381. The maximum Gasteiger partial charge on any atom is 0.407 e. The van der Waals surface area contributed by atoms with E-state index in [1.165, 1.54) is 0 Å². The van der Waals surface area contributed by atoms with Crippen molar-refractivity contribution in [3.63, 3.8) is 0 Å². The van der Waals surface area contributed by atoms with E-state index in [4.69, 9.17) is 9.15 Å². The van der Waals surface area contributed by atoms with Crippen LogP contribution >= 0.6 is 0 Å². The van der Waals surface area contributed by atoms with Crippen LogP contribution in [0.15, 0.2) is 77.2 Å². The van der Waals surface area contributed by atoms with Gasteiger partial charge < -0.3 is 14.5 Å². The molecule has 0 saturated heterocycles. The zero-order valence-electron chi connectivity index (χ0n) is 15.1. The highest BCUT2D eigenvalue weighted by molar-refractivity contribution is 6.04. The van der Waals surface area contributed by atoms with Crippen LogP contribution < -0.4 is 5.32 Å². The number of nitrogens with one attached hydrogen (secondary N) is 1. The van der Waals surface area contributed by atoms with Crippen LogP contribution in [0.25, 0.3) is 21.9 Å². The first-order chi connectivity index (χ1) is 13.2. The van der Waals surface area contributed by atoms with Crippen LogP contribution in [0.2, 0.25) is 0 Å². The minimum Gasteiger partial charge on any atom is -0.456 e. The molecule has 0 fully saturated rings. The monoisotopic (exact) mass is 359 g/mol. The maximum atomic E-state index is 12.0. The van der Waals surface area contributed by atoms with Gasteiger partial charge in [0.05, 0.1) is 0 Å². The van der Waals surface area contributed by atoms with Crippen LogP contribution in [-0.4, -0.2) is 12.1 Å². The van der Waals surface area contributed by atoms with Crippen LogP contribution in [0.4, 0.5) is 4.79 Å². The van der Waals surface area contributed by atoms with E-state index in [1.54, 1.807) is 0 Å². The normalized spacial score (nSPS) is 12.2. The number of carbonyl (C=O) groups excluding carboxylic acids is 1. The van der Waals surface area contributed by atoms with Gasteiger partial charge >= 0.3 is 6.09 Å². The molecule has 0 spiro atoms. The number of carbonyl (C=O) groups is 1. The lowest BCUT2D eigenvalue weighted by atomic mass is 10.0. The average molecular weight is 359 g/mol. The van der Waals surface area contributed by atoms with Gasteiger partial charge in [-0.25, -0.2) is 4.79 Å². The first kappa shape index (κ1) is 17.2. The Bertz CT molecular complexity index is 1070. The van der Waals surface area contributed by atoms with E-state index in [-0.39, 0.29) is 12.6 Å². The molecule has 0 radical (unpaired) electrons. The Labute approximate surface area is 157 Å². The lowest BCUT2D eigenvalue weighted by Crippen LogP contribution is -2.34. The largest absolute Gasteiger partial charge is 0.456 e. The Morgan fingerprint density at radius 2 is 1.67 bits per heavy atom. The molecule has 1 atom stereocenters. The summed E-state index contributed by atoms with van der Waals surface area (Å²) in [6.45, 7) is 2.24. The van der Waals surface area contributed by atoms with E-state index in [9.17, 15) is 4.79 Å². The molecule has 4 rings (SSSR count). The molecule has 1 heterocycles. The summed E-state index contributed by atoms with van der Waals surface area (Å²) in [6.07, 6.45) is 0.316. The van der Waals surface area contributed by atoms with Gasteiger partial charge in [0.15, 0.2) is 0 Å². The molecule has 0 aliphatic rings. The van der Waals surface area contributed by atoms with Crippen molar-refractivity contribution in [3.05, 3.63) is 83.9 Å². The van der Waals surface area contributed by atoms with Gasteiger partial charge in [0.2, 0.25) is 0 Å². The van der Waals surface area contributed by atoms with Gasteiger partial charge in [-0.2, -0.15) is 0 Å². The number of fused-ring (bicyclic) bond motifs is 3. The Kier molecular flexibility index (Phi) is 4.79. The number of amides is 1. The van der Waals surface area contributed by atoms with E-state index >= 15 is 0 Å². The lowest BCUT2D eigenvalue weighted by molar-refractivity contribution is 0.136. The highest BCUT2D eigenvalue weighted by atomic mass is 16.5. The lowest BCUT2D eigenvalue weighted by Gasteiger charge is -2.14. The first-order valence-corrected chi connectivity index (χ1v) is 9.06. The molecule has 1 N–H and O–H groups in total. The average Bonchev–Trinajstić information content (AvgIpc) is 3.05. The van der Waals surface area contributed by atoms with Crippen molar-refractivity contribution in [1.82, 2.24) is 5.32 Å². The second kappa shape index (κ2) is 7.54. The number of hydrogen-bond acceptors (Lipinski definition) is 3. The number of hydrogen-bond donors (Lipinski definition) is 1. The molecular weight excluding hydrogens is 338 g/mol. The van der Waals surface area contributed by atoms with Crippen molar-refractivity contribution in [3.8, 4) is 0 Å². The van der Waals surface area contributed by atoms with E-state index < -0.39 is 6.09 Å². The first-order valence-electron chi connectivity index (χ1n) is 9.06. The Hall–Kier alpha value is -3.27. The summed E-state index contributed by atoms with van der Waals surface area (Å²) < 4.78 is 11.1. The zero-order chi connectivity index (χ0) is 18.6. The third kappa shape index (κ3) is 3.95. The van der Waals surface area contributed by atoms with Crippen molar-refractivity contribution in [1.29, 1.82) is 0 Å². The number of benzene rings is 3. The number of ether oxygens (including phenoxy) is 1. The standard InChI is InChI=1S/C23H21NO3/c1-16(24-23(25)26-15-17-7-3-2-4-8-17)13-18-11-12-22-20(14-18)19-9-5-6-10-21(19)27-22/h2-12,14,16H,13,15H2,1H3,(H,24,25)/t16-/m1/s1. The van der Waals surface area contributed by atoms with Crippen molar-refractivity contribution in [2.24, 2.45) is 0 Å². The molecule has 1 aromatic heterocycles. The number of rotatable bonds is 5. The summed E-state index contributed by atoms with van der Waals surface area (Å²) in [6, 6.07) is 23.8. The molecule has 0 unspecified atom stereocenters. The molecule has 4 heteroatoms. The third-order valence-corrected chi connectivity index (χ3v) is 4.56. The predicted molar refractivity (Wildman–Crippen MR) is 107 cm³/mol. The van der Waals surface area contributed by atoms with Gasteiger partial charge in [0, 0.05) is 16.8 Å². The molecule has 1 amide bonds. The molecule has 0 aliphatic heterocycles. The number of furan rings is 1. The fourth-order valence-corrected chi connectivity index (χ4v) is 3.27. The summed E-state index contributed by atoms with van der Waals surface area (Å²) in [4.78, 5) is 12.0.